The van der Waals surface area contributed by atoms with Gasteiger partial charge < -0.3 is 11.1 Å². The fraction of sp³-hybridized carbons (Fsp3) is 0.462. The van der Waals surface area contributed by atoms with Crippen LogP contribution in [0.15, 0.2) is 30.3 Å². The van der Waals surface area contributed by atoms with Crippen molar-refractivity contribution >= 4 is 5.91 Å². The van der Waals surface area contributed by atoms with Crippen molar-refractivity contribution in [1.82, 2.24) is 5.32 Å². The SMILES string of the molecule is NC(=O)CCNCC1CC1c1ccccc1. The Hall–Kier alpha value is -1.35. The molecule has 2 atom stereocenters. The number of nitrogens with one attached hydrogen (secondary N) is 1. The van der Waals surface area contributed by atoms with Gasteiger partial charge in [-0.25, -0.2) is 0 Å². The first kappa shape index (κ1) is 11.1. The number of benzene rings is 1. The van der Waals surface area contributed by atoms with Crippen molar-refractivity contribution in [2.24, 2.45) is 11.7 Å². The summed E-state index contributed by atoms with van der Waals surface area (Å²) >= 11 is 0. The normalized spacial score (nSPS) is 23.0. The van der Waals surface area contributed by atoms with E-state index in [1.54, 1.807) is 0 Å². The maximum absolute atomic E-state index is 10.5. The van der Waals surface area contributed by atoms with Crippen LogP contribution in [0.2, 0.25) is 0 Å². The van der Waals surface area contributed by atoms with Gasteiger partial charge in [0.15, 0.2) is 0 Å². The van der Waals surface area contributed by atoms with Gasteiger partial charge in [-0.05, 0) is 30.4 Å². The smallest absolute Gasteiger partial charge is 0.218 e. The molecule has 0 bridgehead atoms. The van der Waals surface area contributed by atoms with E-state index in [4.69, 9.17) is 5.73 Å². The molecule has 1 aromatic carbocycles. The number of amides is 1. The van der Waals surface area contributed by atoms with Crippen molar-refractivity contribution in [2.75, 3.05) is 13.1 Å². The summed E-state index contributed by atoms with van der Waals surface area (Å²) in [6, 6.07) is 10.6. The van der Waals surface area contributed by atoms with Crippen LogP contribution in [0.5, 0.6) is 0 Å². The molecule has 1 aliphatic carbocycles. The first-order chi connectivity index (χ1) is 7.77. The second-order valence-electron chi connectivity index (χ2n) is 4.43. The van der Waals surface area contributed by atoms with E-state index < -0.39 is 0 Å². The average molecular weight is 218 g/mol. The lowest BCUT2D eigenvalue weighted by Gasteiger charge is -2.02. The Kier molecular flexibility index (Phi) is 3.57. The van der Waals surface area contributed by atoms with Crippen molar-refractivity contribution in [2.45, 2.75) is 18.8 Å². The van der Waals surface area contributed by atoms with E-state index in [-0.39, 0.29) is 5.91 Å². The van der Waals surface area contributed by atoms with Crippen LogP contribution in [0.4, 0.5) is 0 Å². The molecule has 0 aromatic heterocycles. The Morgan fingerprint density at radius 1 is 1.38 bits per heavy atom. The number of hydrogen-bond donors (Lipinski definition) is 2. The molecule has 3 N–H and O–H groups in total. The van der Waals surface area contributed by atoms with Crippen LogP contribution < -0.4 is 11.1 Å². The maximum atomic E-state index is 10.5. The summed E-state index contributed by atoms with van der Waals surface area (Å²) in [5.41, 5.74) is 6.50. The van der Waals surface area contributed by atoms with E-state index in [1.807, 2.05) is 6.07 Å². The summed E-state index contributed by atoms with van der Waals surface area (Å²) in [6.07, 6.45) is 1.69. The highest BCUT2D eigenvalue weighted by Gasteiger charge is 2.37. The largest absolute Gasteiger partial charge is 0.370 e. The summed E-state index contributed by atoms with van der Waals surface area (Å²) in [7, 11) is 0. The molecule has 2 unspecified atom stereocenters. The third-order valence-electron chi connectivity index (χ3n) is 3.11. The van der Waals surface area contributed by atoms with E-state index in [1.165, 1.54) is 12.0 Å². The highest BCUT2D eigenvalue weighted by atomic mass is 16.1. The molecule has 0 radical (unpaired) electrons. The minimum atomic E-state index is -0.233. The fourth-order valence-corrected chi connectivity index (χ4v) is 2.08. The average Bonchev–Trinajstić information content (AvgIpc) is 3.05. The van der Waals surface area contributed by atoms with E-state index in [2.05, 4.69) is 29.6 Å². The minimum absolute atomic E-state index is 0.233. The van der Waals surface area contributed by atoms with Crippen LogP contribution >= 0.6 is 0 Å². The molecule has 0 saturated heterocycles. The highest BCUT2D eigenvalue weighted by Crippen LogP contribution is 2.46. The fourth-order valence-electron chi connectivity index (χ4n) is 2.08. The minimum Gasteiger partial charge on any atom is -0.370 e. The molecule has 2 rings (SSSR count). The van der Waals surface area contributed by atoms with E-state index in [0.717, 1.165) is 12.5 Å². The molecular weight excluding hydrogens is 200 g/mol. The Balaban J connectivity index is 1.66. The molecule has 86 valence electrons. The van der Waals surface area contributed by atoms with Gasteiger partial charge in [-0.1, -0.05) is 30.3 Å². The van der Waals surface area contributed by atoms with E-state index in [9.17, 15) is 4.79 Å². The number of carbonyl (C=O) groups excluding carboxylic acids is 1. The monoisotopic (exact) mass is 218 g/mol. The third-order valence-corrected chi connectivity index (χ3v) is 3.11. The molecule has 0 heterocycles. The summed E-state index contributed by atoms with van der Waals surface area (Å²) in [6.45, 7) is 1.69. The molecule has 1 fully saturated rings. The molecule has 16 heavy (non-hydrogen) atoms. The number of primary amides is 1. The molecule has 0 aliphatic heterocycles. The van der Waals surface area contributed by atoms with Gasteiger partial charge in [-0.15, -0.1) is 0 Å². The van der Waals surface area contributed by atoms with Crippen LogP contribution in [-0.2, 0) is 4.79 Å². The van der Waals surface area contributed by atoms with Gasteiger partial charge in [0, 0.05) is 13.0 Å². The lowest BCUT2D eigenvalue weighted by Crippen LogP contribution is -2.23. The predicted octanol–water partition coefficient (Wildman–Crippen LogP) is 1.26. The van der Waals surface area contributed by atoms with Crippen LogP contribution in [-0.4, -0.2) is 19.0 Å². The zero-order valence-electron chi connectivity index (χ0n) is 9.36. The zero-order valence-corrected chi connectivity index (χ0v) is 9.36. The van der Waals surface area contributed by atoms with Gasteiger partial charge in [0.05, 0.1) is 0 Å². The summed E-state index contributed by atoms with van der Waals surface area (Å²) < 4.78 is 0. The molecule has 3 nitrogen and oxygen atoms in total. The molecular formula is C13H18N2O. The van der Waals surface area contributed by atoms with Gasteiger partial charge in [0.25, 0.3) is 0 Å². The Morgan fingerprint density at radius 2 is 2.12 bits per heavy atom. The summed E-state index contributed by atoms with van der Waals surface area (Å²) in [4.78, 5) is 10.5. The Labute approximate surface area is 96.0 Å². The van der Waals surface area contributed by atoms with Crippen LogP contribution in [0.3, 0.4) is 0 Å². The van der Waals surface area contributed by atoms with Gasteiger partial charge in [-0.3, -0.25) is 4.79 Å². The van der Waals surface area contributed by atoms with Crippen LogP contribution in [0.1, 0.15) is 24.3 Å². The van der Waals surface area contributed by atoms with Crippen molar-refractivity contribution in [1.29, 1.82) is 0 Å². The second kappa shape index (κ2) is 5.12. The molecule has 1 aliphatic rings. The van der Waals surface area contributed by atoms with Gasteiger partial charge in [-0.2, -0.15) is 0 Å². The first-order valence-electron chi connectivity index (χ1n) is 5.81. The van der Waals surface area contributed by atoms with E-state index >= 15 is 0 Å². The quantitative estimate of drug-likeness (QED) is 0.706. The third kappa shape index (κ3) is 3.07. The maximum Gasteiger partial charge on any atom is 0.218 e. The van der Waals surface area contributed by atoms with E-state index in [0.29, 0.717) is 18.9 Å². The van der Waals surface area contributed by atoms with Crippen molar-refractivity contribution in [3.8, 4) is 0 Å². The van der Waals surface area contributed by atoms with Crippen molar-refractivity contribution in [3.63, 3.8) is 0 Å². The number of carbonyl (C=O) groups is 1. The van der Waals surface area contributed by atoms with Crippen molar-refractivity contribution < 1.29 is 4.79 Å². The Bertz CT molecular complexity index is 350. The summed E-state index contributed by atoms with van der Waals surface area (Å²) in [5, 5.41) is 3.28. The van der Waals surface area contributed by atoms with Crippen LogP contribution in [0, 0.1) is 5.92 Å². The molecule has 1 saturated carbocycles. The topological polar surface area (TPSA) is 55.1 Å². The van der Waals surface area contributed by atoms with Crippen molar-refractivity contribution in [3.05, 3.63) is 35.9 Å². The predicted molar refractivity (Wildman–Crippen MR) is 64.0 cm³/mol. The lowest BCUT2D eigenvalue weighted by molar-refractivity contribution is -0.117. The lowest BCUT2D eigenvalue weighted by atomic mass is 10.1. The van der Waals surface area contributed by atoms with Gasteiger partial charge >= 0.3 is 0 Å². The number of nitrogens with two attached hydrogens (primary N) is 1. The van der Waals surface area contributed by atoms with Gasteiger partial charge in [0.2, 0.25) is 5.91 Å². The molecule has 3 heteroatoms. The Morgan fingerprint density at radius 3 is 2.81 bits per heavy atom. The second-order valence-corrected chi connectivity index (χ2v) is 4.43. The molecule has 1 aromatic rings. The van der Waals surface area contributed by atoms with Crippen LogP contribution in [0.25, 0.3) is 0 Å². The number of rotatable bonds is 6. The first-order valence-corrected chi connectivity index (χ1v) is 5.81. The zero-order chi connectivity index (χ0) is 11.4. The standard InChI is InChI=1S/C13H18N2O/c14-13(16)6-7-15-9-11-8-12(11)10-4-2-1-3-5-10/h1-5,11-12,15H,6-9H2,(H2,14,16). The molecule has 0 spiro atoms. The molecule has 1 amide bonds. The number of hydrogen-bond acceptors (Lipinski definition) is 2. The highest BCUT2D eigenvalue weighted by molar-refractivity contribution is 5.73. The summed E-state index contributed by atoms with van der Waals surface area (Å²) in [5.74, 6) is 1.21. The van der Waals surface area contributed by atoms with Gasteiger partial charge in [0.1, 0.15) is 0 Å².